The Kier molecular flexibility index (Phi) is 6.69. The molecule has 1 amide bonds. The predicted molar refractivity (Wildman–Crippen MR) is 137 cm³/mol. The van der Waals surface area contributed by atoms with Crippen LogP contribution in [0.2, 0.25) is 0 Å². The smallest absolute Gasteiger partial charge is 0.244 e. The van der Waals surface area contributed by atoms with Crippen LogP contribution in [0.5, 0.6) is 23.0 Å². The Morgan fingerprint density at radius 3 is 2.32 bits per heavy atom. The zero-order chi connectivity index (χ0) is 26.8. The maximum atomic E-state index is 13.4. The summed E-state index contributed by atoms with van der Waals surface area (Å²) in [5.41, 5.74) is 0.288. The van der Waals surface area contributed by atoms with E-state index in [4.69, 9.17) is 18.9 Å². The number of ether oxygens (including phenoxy) is 4. The number of hydrogen-bond acceptors (Lipinski definition) is 7. The molecule has 1 aromatic heterocycles. The van der Waals surface area contributed by atoms with Gasteiger partial charge in [0.2, 0.25) is 11.3 Å². The number of amides is 1. The zero-order valence-electron chi connectivity index (χ0n) is 20.6. The number of aromatic nitrogens is 1. The summed E-state index contributed by atoms with van der Waals surface area (Å²) in [7, 11) is 3.00. The number of anilines is 1. The third kappa shape index (κ3) is 4.75. The van der Waals surface area contributed by atoms with Gasteiger partial charge in [-0.05, 0) is 42.5 Å². The number of nitrogens with zero attached hydrogens (tertiary/aromatic N) is 1. The minimum atomic E-state index is -0.596. The molecule has 0 saturated carbocycles. The van der Waals surface area contributed by atoms with E-state index >= 15 is 0 Å². The normalized spacial score (nSPS) is 12.2. The molecular formula is C28H23FN2O7. The molecule has 5 rings (SSSR count). The standard InChI is InChI=1S/C28H23FN2O7/c1-35-22-8-7-18(11-23(22)36-2)30-26(32)15-31-14-20(27(33)16-3-5-17(29)6-4-16)28(34)19-12-24-25(13-21(19)31)38-10-9-37-24/h3-8,11-14H,9-10,15H2,1-2H3,(H,30,32). The van der Waals surface area contributed by atoms with Crippen LogP contribution in [-0.2, 0) is 11.3 Å². The van der Waals surface area contributed by atoms with Crippen molar-refractivity contribution < 1.29 is 32.9 Å². The summed E-state index contributed by atoms with van der Waals surface area (Å²) in [5.74, 6) is 0.220. The Hall–Kier alpha value is -4.86. The summed E-state index contributed by atoms with van der Waals surface area (Å²) in [6.07, 6.45) is 1.33. The molecule has 0 unspecified atom stereocenters. The first-order chi connectivity index (χ1) is 18.4. The van der Waals surface area contributed by atoms with Crippen LogP contribution in [0.15, 0.2) is 65.6 Å². The summed E-state index contributed by atoms with van der Waals surface area (Å²) in [4.78, 5) is 39.8. The van der Waals surface area contributed by atoms with Crippen LogP contribution in [-0.4, -0.2) is 43.7 Å². The van der Waals surface area contributed by atoms with Gasteiger partial charge >= 0.3 is 0 Å². The highest BCUT2D eigenvalue weighted by atomic mass is 19.1. The number of methoxy groups -OCH3 is 2. The van der Waals surface area contributed by atoms with Crippen molar-refractivity contribution in [2.75, 3.05) is 32.8 Å². The number of hydrogen-bond donors (Lipinski definition) is 1. The number of halogens is 1. The van der Waals surface area contributed by atoms with Crippen LogP contribution in [0.3, 0.4) is 0 Å². The molecule has 0 saturated heterocycles. The van der Waals surface area contributed by atoms with Crippen LogP contribution < -0.4 is 29.7 Å². The molecule has 1 aliphatic heterocycles. The summed E-state index contributed by atoms with van der Waals surface area (Å²) in [5, 5.41) is 2.97. The Morgan fingerprint density at radius 1 is 0.947 bits per heavy atom. The third-order valence-corrected chi connectivity index (χ3v) is 6.08. The first-order valence-corrected chi connectivity index (χ1v) is 11.7. The average Bonchev–Trinajstić information content (AvgIpc) is 2.93. The van der Waals surface area contributed by atoms with E-state index in [2.05, 4.69) is 5.32 Å². The van der Waals surface area contributed by atoms with Crippen LogP contribution in [0.1, 0.15) is 15.9 Å². The number of nitrogens with one attached hydrogen (secondary N) is 1. The van der Waals surface area contributed by atoms with Gasteiger partial charge < -0.3 is 28.8 Å². The second kappa shape index (κ2) is 10.3. The van der Waals surface area contributed by atoms with Crippen LogP contribution in [0.4, 0.5) is 10.1 Å². The number of ketones is 1. The molecule has 0 aliphatic carbocycles. The molecule has 0 atom stereocenters. The molecule has 10 heteroatoms. The van der Waals surface area contributed by atoms with Gasteiger partial charge in [0.05, 0.1) is 30.7 Å². The number of carbonyl (C=O) groups is 2. The van der Waals surface area contributed by atoms with E-state index in [1.165, 1.54) is 43.2 Å². The molecule has 1 aliphatic rings. The molecular weight excluding hydrogens is 495 g/mol. The highest BCUT2D eigenvalue weighted by molar-refractivity contribution is 6.10. The highest BCUT2D eigenvalue weighted by Crippen LogP contribution is 2.34. The molecule has 3 aromatic carbocycles. The van der Waals surface area contributed by atoms with Gasteiger partial charge in [-0.25, -0.2) is 4.39 Å². The van der Waals surface area contributed by atoms with E-state index in [0.29, 0.717) is 47.4 Å². The first-order valence-electron chi connectivity index (χ1n) is 11.7. The van der Waals surface area contributed by atoms with Gasteiger partial charge in [0.15, 0.2) is 28.8 Å². The lowest BCUT2D eigenvalue weighted by Crippen LogP contribution is -2.25. The second-order valence-corrected chi connectivity index (χ2v) is 8.47. The van der Waals surface area contributed by atoms with Gasteiger partial charge in [0.25, 0.3) is 0 Å². The molecule has 0 fully saturated rings. The van der Waals surface area contributed by atoms with Crippen LogP contribution >= 0.6 is 0 Å². The SMILES string of the molecule is COc1ccc(NC(=O)Cn2cc(C(=O)c3ccc(F)cc3)c(=O)c3cc4c(cc32)OCCO4)cc1OC. The molecule has 0 bridgehead atoms. The van der Waals surface area contributed by atoms with Gasteiger partial charge in [0.1, 0.15) is 25.6 Å². The molecule has 38 heavy (non-hydrogen) atoms. The van der Waals surface area contributed by atoms with Crippen molar-refractivity contribution in [1.82, 2.24) is 4.57 Å². The quantitative estimate of drug-likeness (QED) is 0.371. The fourth-order valence-electron chi connectivity index (χ4n) is 4.25. The van der Waals surface area contributed by atoms with E-state index in [0.717, 1.165) is 12.1 Å². The van der Waals surface area contributed by atoms with E-state index in [9.17, 15) is 18.8 Å². The van der Waals surface area contributed by atoms with E-state index in [1.54, 1.807) is 24.3 Å². The highest BCUT2D eigenvalue weighted by Gasteiger charge is 2.22. The first kappa shape index (κ1) is 24.8. The summed E-state index contributed by atoms with van der Waals surface area (Å²) in [6, 6.07) is 13.0. The van der Waals surface area contributed by atoms with Gasteiger partial charge in [-0.3, -0.25) is 14.4 Å². The topological polar surface area (TPSA) is 105 Å². The summed E-state index contributed by atoms with van der Waals surface area (Å²) in [6.45, 7) is 0.423. The Bertz CT molecular complexity index is 1610. The maximum Gasteiger partial charge on any atom is 0.244 e. The predicted octanol–water partition coefficient (Wildman–Crippen LogP) is 3.80. The third-order valence-electron chi connectivity index (χ3n) is 6.08. The monoisotopic (exact) mass is 518 g/mol. The minimum Gasteiger partial charge on any atom is -0.493 e. The van der Waals surface area contributed by atoms with E-state index < -0.39 is 22.9 Å². The Labute approximate surface area is 216 Å². The van der Waals surface area contributed by atoms with Crippen LogP contribution in [0, 0.1) is 5.82 Å². The zero-order valence-corrected chi connectivity index (χ0v) is 20.6. The molecule has 2 heterocycles. The molecule has 1 N–H and O–H groups in total. The van der Waals surface area contributed by atoms with Gasteiger partial charge in [-0.15, -0.1) is 0 Å². The van der Waals surface area contributed by atoms with Crippen molar-refractivity contribution in [3.8, 4) is 23.0 Å². The molecule has 0 radical (unpaired) electrons. The lowest BCUT2D eigenvalue weighted by Gasteiger charge is -2.20. The van der Waals surface area contributed by atoms with Crippen molar-refractivity contribution in [2.24, 2.45) is 0 Å². The van der Waals surface area contributed by atoms with Crippen molar-refractivity contribution in [2.45, 2.75) is 6.54 Å². The lowest BCUT2D eigenvalue weighted by atomic mass is 10.0. The number of rotatable bonds is 7. The lowest BCUT2D eigenvalue weighted by molar-refractivity contribution is -0.116. The molecule has 4 aromatic rings. The Morgan fingerprint density at radius 2 is 1.63 bits per heavy atom. The van der Waals surface area contributed by atoms with Gasteiger partial charge in [0, 0.05) is 29.6 Å². The number of fused-ring (bicyclic) bond motifs is 2. The fourth-order valence-corrected chi connectivity index (χ4v) is 4.25. The molecule has 0 spiro atoms. The number of pyridine rings is 1. The number of benzene rings is 3. The van der Waals surface area contributed by atoms with Gasteiger partial charge in [-0.2, -0.15) is 0 Å². The summed E-state index contributed by atoms with van der Waals surface area (Å²) < 4.78 is 36.7. The molecule has 9 nitrogen and oxygen atoms in total. The minimum absolute atomic E-state index is 0.140. The Balaban J connectivity index is 1.56. The summed E-state index contributed by atoms with van der Waals surface area (Å²) >= 11 is 0. The average molecular weight is 518 g/mol. The largest absolute Gasteiger partial charge is 0.493 e. The number of carbonyl (C=O) groups excluding carboxylic acids is 2. The van der Waals surface area contributed by atoms with E-state index in [1.807, 2.05) is 0 Å². The van der Waals surface area contributed by atoms with Gasteiger partial charge in [-0.1, -0.05) is 0 Å². The fraction of sp³-hybridized carbons (Fsp3) is 0.179. The van der Waals surface area contributed by atoms with E-state index in [-0.39, 0.29) is 23.1 Å². The van der Waals surface area contributed by atoms with Crippen LogP contribution in [0.25, 0.3) is 10.9 Å². The van der Waals surface area contributed by atoms with Crippen molar-refractivity contribution in [1.29, 1.82) is 0 Å². The second-order valence-electron chi connectivity index (χ2n) is 8.47. The van der Waals surface area contributed by atoms with Crippen molar-refractivity contribution in [3.63, 3.8) is 0 Å². The van der Waals surface area contributed by atoms with Crippen molar-refractivity contribution >= 4 is 28.3 Å². The van der Waals surface area contributed by atoms with Crippen molar-refractivity contribution in [3.05, 3.63) is 88.0 Å². The maximum absolute atomic E-state index is 13.4. The molecule has 194 valence electrons.